The minimum absolute atomic E-state index is 0.00761. The maximum Gasteiger partial charge on any atom is 0.303 e. The standard InChI is InChI=1S/C19H17FN2O3/c20-11-4-5-17-14(7-11)15(19(25)22-17)9-12-8-13-10(6-18(23)24)2-1-3-16(13)21-12/h4-5,7-10,21H,1-3,6H2,(H,22,25)(H,23,24). The lowest BCUT2D eigenvalue weighted by atomic mass is 9.85. The molecular weight excluding hydrogens is 323 g/mol. The number of anilines is 1. The molecular formula is C19H17FN2O3. The molecule has 2 aromatic rings. The van der Waals surface area contributed by atoms with E-state index in [4.69, 9.17) is 5.11 Å². The van der Waals surface area contributed by atoms with E-state index in [1.54, 1.807) is 12.1 Å². The molecule has 1 amide bonds. The van der Waals surface area contributed by atoms with Gasteiger partial charge in [-0.15, -0.1) is 0 Å². The number of nitrogens with one attached hydrogen (secondary N) is 2. The molecule has 5 nitrogen and oxygen atoms in total. The first-order valence-corrected chi connectivity index (χ1v) is 8.28. The number of rotatable bonds is 3. The molecule has 2 aliphatic rings. The number of hydrogen-bond acceptors (Lipinski definition) is 2. The molecule has 1 unspecified atom stereocenters. The van der Waals surface area contributed by atoms with E-state index < -0.39 is 11.8 Å². The highest BCUT2D eigenvalue weighted by molar-refractivity contribution is 6.34. The number of fused-ring (bicyclic) bond motifs is 2. The molecule has 1 aliphatic heterocycles. The fourth-order valence-corrected chi connectivity index (χ4v) is 3.75. The number of H-pyrrole nitrogens is 1. The van der Waals surface area contributed by atoms with Crippen LogP contribution in [0.3, 0.4) is 0 Å². The number of halogens is 1. The van der Waals surface area contributed by atoms with Crippen molar-refractivity contribution < 1.29 is 19.1 Å². The van der Waals surface area contributed by atoms with E-state index in [1.165, 1.54) is 12.1 Å². The Labute approximate surface area is 143 Å². The van der Waals surface area contributed by atoms with Crippen LogP contribution >= 0.6 is 0 Å². The number of carbonyl (C=O) groups is 2. The van der Waals surface area contributed by atoms with Crippen LogP contribution in [0.15, 0.2) is 24.3 Å². The van der Waals surface area contributed by atoms with Gasteiger partial charge in [-0.05, 0) is 61.1 Å². The predicted molar refractivity (Wildman–Crippen MR) is 91.6 cm³/mol. The van der Waals surface area contributed by atoms with Gasteiger partial charge in [-0.2, -0.15) is 0 Å². The summed E-state index contributed by atoms with van der Waals surface area (Å²) in [5.41, 5.74) is 4.32. The normalized spacial score (nSPS) is 20.3. The first kappa shape index (κ1) is 15.6. The van der Waals surface area contributed by atoms with Crippen LogP contribution in [0.1, 0.15) is 47.7 Å². The van der Waals surface area contributed by atoms with Crippen LogP contribution < -0.4 is 5.32 Å². The number of hydrogen-bond donors (Lipinski definition) is 3. The Morgan fingerprint density at radius 3 is 3.00 bits per heavy atom. The van der Waals surface area contributed by atoms with Crippen molar-refractivity contribution in [1.29, 1.82) is 0 Å². The highest BCUT2D eigenvalue weighted by Crippen LogP contribution is 2.37. The number of aromatic amines is 1. The first-order chi connectivity index (χ1) is 12.0. The van der Waals surface area contributed by atoms with Gasteiger partial charge >= 0.3 is 5.97 Å². The summed E-state index contributed by atoms with van der Waals surface area (Å²) in [7, 11) is 0. The molecule has 0 spiro atoms. The van der Waals surface area contributed by atoms with E-state index >= 15 is 0 Å². The molecule has 1 aromatic carbocycles. The Hall–Kier alpha value is -2.89. The monoisotopic (exact) mass is 340 g/mol. The lowest BCUT2D eigenvalue weighted by molar-refractivity contribution is -0.137. The number of carboxylic acids is 1. The van der Waals surface area contributed by atoms with E-state index in [0.29, 0.717) is 16.8 Å². The number of aromatic nitrogens is 1. The number of carbonyl (C=O) groups excluding carboxylic acids is 1. The zero-order valence-electron chi connectivity index (χ0n) is 13.4. The van der Waals surface area contributed by atoms with Crippen LogP contribution in [0.2, 0.25) is 0 Å². The number of amides is 1. The maximum atomic E-state index is 13.5. The van der Waals surface area contributed by atoms with Crippen molar-refractivity contribution >= 4 is 29.2 Å². The fraction of sp³-hybridized carbons (Fsp3) is 0.263. The Bertz CT molecular complexity index is 913. The highest BCUT2D eigenvalue weighted by Gasteiger charge is 2.27. The Kier molecular flexibility index (Phi) is 3.67. The third kappa shape index (κ3) is 2.84. The summed E-state index contributed by atoms with van der Waals surface area (Å²) in [4.78, 5) is 26.6. The van der Waals surface area contributed by atoms with Crippen molar-refractivity contribution in [2.75, 3.05) is 5.32 Å². The van der Waals surface area contributed by atoms with Gasteiger partial charge in [-0.1, -0.05) is 0 Å². The zero-order valence-corrected chi connectivity index (χ0v) is 13.4. The molecule has 4 rings (SSSR count). The molecule has 25 heavy (non-hydrogen) atoms. The third-order valence-electron chi connectivity index (χ3n) is 4.86. The van der Waals surface area contributed by atoms with Crippen LogP contribution in [0.25, 0.3) is 11.6 Å². The Morgan fingerprint density at radius 2 is 2.20 bits per heavy atom. The number of aryl methyl sites for hydroxylation is 1. The summed E-state index contributed by atoms with van der Waals surface area (Å²) in [6, 6.07) is 6.12. The largest absolute Gasteiger partial charge is 0.481 e. The van der Waals surface area contributed by atoms with Gasteiger partial charge in [0.25, 0.3) is 5.91 Å². The molecule has 0 bridgehead atoms. The SMILES string of the molecule is O=C(O)CC1CCCc2[nH]c(C=C3C(=O)Nc4ccc(F)cc43)cc21. The summed E-state index contributed by atoms with van der Waals surface area (Å²) in [6.45, 7) is 0. The minimum Gasteiger partial charge on any atom is -0.481 e. The molecule has 1 atom stereocenters. The van der Waals surface area contributed by atoms with E-state index in [1.807, 2.05) is 6.07 Å². The van der Waals surface area contributed by atoms with Gasteiger partial charge in [0.2, 0.25) is 0 Å². The van der Waals surface area contributed by atoms with E-state index in [9.17, 15) is 14.0 Å². The Morgan fingerprint density at radius 1 is 1.36 bits per heavy atom. The molecule has 0 saturated heterocycles. The molecule has 3 N–H and O–H groups in total. The van der Waals surface area contributed by atoms with Crippen LogP contribution in [-0.4, -0.2) is 22.0 Å². The van der Waals surface area contributed by atoms with Crippen molar-refractivity contribution in [3.8, 4) is 0 Å². The summed E-state index contributed by atoms with van der Waals surface area (Å²) in [5.74, 6) is -1.48. The smallest absolute Gasteiger partial charge is 0.303 e. The number of carboxylic acid groups (broad SMARTS) is 1. The average molecular weight is 340 g/mol. The second-order valence-electron chi connectivity index (χ2n) is 6.55. The van der Waals surface area contributed by atoms with Gasteiger partial charge in [0.15, 0.2) is 0 Å². The highest BCUT2D eigenvalue weighted by atomic mass is 19.1. The third-order valence-corrected chi connectivity index (χ3v) is 4.86. The fourth-order valence-electron chi connectivity index (χ4n) is 3.75. The van der Waals surface area contributed by atoms with Crippen molar-refractivity contribution in [1.82, 2.24) is 4.98 Å². The van der Waals surface area contributed by atoms with Gasteiger partial charge in [0.05, 0.1) is 12.0 Å². The second-order valence-corrected chi connectivity index (χ2v) is 6.55. The van der Waals surface area contributed by atoms with Gasteiger partial charge < -0.3 is 15.4 Å². The first-order valence-electron chi connectivity index (χ1n) is 8.28. The molecule has 128 valence electrons. The molecule has 0 fully saturated rings. The quantitative estimate of drug-likeness (QED) is 0.748. The predicted octanol–water partition coefficient (Wildman–Crippen LogP) is 3.54. The van der Waals surface area contributed by atoms with Gasteiger partial charge in [-0.25, -0.2) is 4.39 Å². The van der Waals surface area contributed by atoms with Crippen LogP contribution in [0.5, 0.6) is 0 Å². The van der Waals surface area contributed by atoms with Gasteiger partial charge in [0, 0.05) is 22.6 Å². The lowest BCUT2D eigenvalue weighted by Crippen LogP contribution is -2.12. The van der Waals surface area contributed by atoms with Crippen molar-refractivity contribution in [2.45, 2.75) is 31.6 Å². The molecule has 6 heteroatoms. The van der Waals surface area contributed by atoms with Crippen molar-refractivity contribution in [3.63, 3.8) is 0 Å². The van der Waals surface area contributed by atoms with Crippen molar-refractivity contribution in [2.24, 2.45) is 0 Å². The van der Waals surface area contributed by atoms with Crippen LogP contribution in [0, 0.1) is 5.82 Å². The second kappa shape index (κ2) is 5.88. The molecule has 1 aliphatic carbocycles. The van der Waals surface area contributed by atoms with E-state index in [2.05, 4.69) is 10.3 Å². The summed E-state index contributed by atoms with van der Waals surface area (Å²) in [6.07, 6.45) is 4.47. The van der Waals surface area contributed by atoms with E-state index in [0.717, 1.165) is 36.2 Å². The average Bonchev–Trinajstić information content (AvgIpc) is 3.10. The Balaban J connectivity index is 1.72. The number of aliphatic carboxylic acids is 1. The molecule has 0 radical (unpaired) electrons. The van der Waals surface area contributed by atoms with Gasteiger partial charge in [0.1, 0.15) is 5.82 Å². The summed E-state index contributed by atoms with van der Waals surface area (Å²) in [5, 5.41) is 11.8. The molecule has 0 saturated carbocycles. The van der Waals surface area contributed by atoms with Crippen molar-refractivity contribution in [3.05, 3.63) is 52.6 Å². The topological polar surface area (TPSA) is 82.2 Å². The van der Waals surface area contributed by atoms with Gasteiger partial charge in [-0.3, -0.25) is 9.59 Å². The molecule has 2 heterocycles. The lowest BCUT2D eigenvalue weighted by Gasteiger charge is -2.20. The maximum absolute atomic E-state index is 13.5. The molecule has 1 aromatic heterocycles. The summed E-state index contributed by atoms with van der Waals surface area (Å²) < 4.78 is 13.5. The van der Waals surface area contributed by atoms with Crippen LogP contribution in [-0.2, 0) is 16.0 Å². The minimum atomic E-state index is -0.807. The van der Waals surface area contributed by atoms with Crippen LogP contribution in [0.4, 0.5) is 10.1 Å². The summed E-state index contributed by atoms with van der Waals surface area (Å²) >= 11 is 0. The van der Waals surface area contributed by atoms with E-state index in [-0.39, 0.29) is 18.2 Å². The number of benzene rings is 1. The zero-order chi connectivity index (χ0) is 17.6.